The Labute approximate surface area is 132 Å². The lowest BCUT2D eigenvalue weighted by Crippen LogP contribution is -2.18. The molecule has 2 aromatic rings. The maximum absolute atomic E-state index is 11.9. The second kappa shape index (κ2) is 4.59. The number of benzene rings is 1. The number of hydrogen-bond donors (Lipinski definition) is 1. The Kier molecular flexibility index (Phi) is 3.19. The smallest absolute Gasteiger partial charge is 0.336 e. The Morgan fingerprint density at radius 1 is 1.33 bits per heavy atom. The van der Waals surface area contributed by atoms with Crippen molar-refractivity contribution in [1.29, 1.82) is 0 Å². The van der Waals surface area contributed by atoms with Crippen LogP contribution < -0.4 is 0 Å². The first-order valence-corrected chi connectivity index (χ1v) is 7.55. The van der Waals surface area contributed by atoms with Crippen molar-refractivity contribution in [3.05, 3.63) is 39.0 Å². The molecule has 1 atom stereocenters. The topological polar surface area (TPSA) is 50.2 Å². The largest absolute Gasteiger partial charge is 0.478 e. The molecular formula is C16H15Cl2NO2. The number of carbonyl (C=O) groups is 1. The fraction of sp³-hybridized carbons (Fsp3) is 0.375. The van der Waals surface area contributed by atoms with E-state index >= 15 is 0 Å². The summed E-state index contributed by atoms with van der Waals surface area (Å²) in [6.07, 6.45) is 0.862. The van der Waals surface area contributed by atoms with Crippen LogP contribution in [0.4, 0.5) is 0 Å². The maximum Gasteiger partial charge on any atom is 0.336 e. The number of nitrogens with zero attached hydrogens (tertiary/aromatic N) is 1. The van der Waals surface area contributed by atoms with E-state index in [1.165, 1.54) is 0 Å². The molecule has 0 radical (unpaired) electrons. The summed E-state index contributed by atoms with van der Waals surface area (Å²) in [5, 5.41) is 11.0. The third-order valence-corrected chi connectivity index (χ3v) is 4.86. The first kappa shape index (κ1) is 14.6. The van der Waals surface area contributed by atoms with E-state index in [9.17, 15) is 9.90 Å². The molecule has 0 bridgehead atoms. The number of halogens is 2. The van der Waals surface area contributed by atoms with Crippen molar-refractivity contribution in [3.63, 3.8) is 0 Å². The molecule has 21 heavy (non-hydrogen) atoms. The van der Waals surface area contributed by atoms with E-state index < -0.39 is 5.97 Å². The van der Waals surface area contributed by atoms with Gasteiger partial charge in [0.15, 0.2) is 0 Å². The minimum absolute atomic E-state index is 0.201. The first-order chi connectivity index (χ1) is 9.74. The fourth-order valence-corrected chi connectivity index (χ4v) is 3.98. The highest BCUT2D eigenvalue weighted by Gasteiger charge is 2.41. The monoisotopic (exact) mass is 323 g/mol. The molecule has 0 saturated heterocycles. The van der Waals surface area contributed by atoms with Crippen molar-refractivity contribution in [2.24, 2.45) is 0 Å². The Morgan fingerprint density at radius 2 is 1.95 bits per heavy atom. The van der Waals surface area contributed by atoms with Gasteiger partial charge in [0.25, 0.3) is 0 Å². The molecular weight excluding hydrogens is 309 g/mol. The molecule has 3 nitrogen and oxygen atoms in total. The maximum atomic E-state index is 11.9. The van der Waals surface area contributed by atoms with E-state index in [4.69, 9.17) is 23.2 Å². The molecule has 0 spiro atoms. The number of aromatic nitrogens is 1. The van der Waals surface area contributed by atoms with Crippen LogP contribution in [0.25, 0.3) is 10.9 Å². The predicted molar refractivity (Wildman–Crippen MR) is 84.8 cm³/mol. The number of fused-ring (bicyclic) bond motifs is 2. The highest BCUT2D eigenvalue weighted by molar-refractivity contribution is 6.41. The van der Waals surface area contributed by atoms with Gasteiger partial charge in [-0.05, 0) is 35.4 Å². The van der Waals surface area contributed by atoms with Gasteiger partial charge in [0, 0.05) is 11.1 Å². The second-order valence-corrected chi connectivity index (χ2v) is 7.11. The summed E-state index contributed by atoms with van der Waals surface area (Å²) in [5.41, 5.74) is 2.10. The molecule has 1 unspecified atom stereocenters. The van der Waals surface area contributed by atoms with E-state index in [1.807, 2.05) is 13.8 Å². The summed E-state index contributed by atoms with van der Waals surface area (Å²) >= 11 is 12.5. The average molecular weight is 324 g/mol. The van der Waals surface area contributed by atoms with Crippen LogP contribution in [0.5, 0.6) is 0 Å². The Morgan fingerprint density at radius 3 is 2.57 bits per heavy atom. The lowest BCUT2D eigenvalue weighted by Gasteiger charge is -2.22. The van der Waals surface area contributed by atoms with E-state index in [-0.39, 0.29) is 16.9 Å². The molecule has 1 heterocycles. The number of aromatic carboxylic acids is 1. The van der Waals surface area contributed by atoms with E-state index in [0.29, 0.717) is 20.9 Å². The molecule has 0 amide bonds. The molecule has 0 aliphatic heterocycles. The second-order valence-electron chi connectivity index (χ2n) is 6.29. The zero-order chi connectivity index (χ0) is 15.5. The van der Waals surface area contributed by atoms with Crippen LogP contribution in [0.1, 0.15) is 54.7 Å². The van der Waals surface area contributed by atoms with Gasteiger partial charge in [0.05, 0.1) is 21.1 Å². The summed E-state index contributed by atoms with van der Waals surface area (Å²) in [6, 6.07) is 3.28. The molecule has 0 saturated carbocycles. The minimum atomic E-state index is -0.981. The quantitative estimate of drug-likeness (QED) is 0.801. The van der Waals surface area contributed by atoms with Crippen molar-refractivity contribution < 1.29 is 9.90 Å². The molecule has 1 aromatic heterocycles. The van der Waals surface area contributed by atoms with Gasteiger partial charge in [0.2, 0.25) is 0 Å². The standard InChI is InChI=1S/C16H15Cl2NO2/c1-7-6-16(2,3)12-11(15(20)21)10-8(17)4-5-9(18)14(10)19-13(7)12/h4-5,7H,6H2,1-3H3,(H,20,21). The van der Waals surface area contributed by atoms with Crippen LogP contribution in [0, 0.1) is 0 Å². The predicted octanol–water partition coefficient (Wildman–Crippen LogP) is 5.02. The van der Waals surface area contributed by atoms with Crippen LogP contribution >= 0.6 is 23.2 Å². The zero-order valence-corrected chi connectivity index (χ0v) is 13.5. The van der Waals surface area contributed by atoms with E-state index in [0.717, 1.165) is 17.7 Å². The molecule has 5 heteroatoms. The highest BCUT2D eigenvalue weighted by atomic mass is 35.5. The zero-order valence-electron chi connectivity index (χ0n) is 12.0. The van der Waals surface area contributed by atoms with E-state index in [2.05, 4.69) is 11.9 Å². The van der Waals surface area contributed by atoms with Gasteiger partial charge in [-0.2, -0.15) is 0 Å². The van der Waals surface area contributed by atoms with Crippen LogP contribution in [-0.4, -0.2) is 16.1 Å². The molecule has 110 valence electrons. The molecule has 1 aliphatic carbocycles. The lowest BCUT2D eigenvalue weighted by molar-refractivity contribution is 0.0696. The van der Waals surface area contributed by atoms with Gasteiger partial charge in [-0.1, -0.05) is 44.0 Å². The fourth-order valence-electron chi connectivity index (χ4n) is 3.54. The van der Waals surface area contributed by atoms with Gasteiger partial charge in [-0.15, -0.1) is 0 Å². The van der Waals surface area contributed by atoms with Gasteiger partial charge in [-0.3, -0.25) is 4.98 Å². The number of pyridine rings is 1. The van der Waals surface area contributed by atoms with Crippen molar-refractivity contribution in [2.75, 3.05) is 0 Å². The summed E-state index contributed by atoms with van der Waals surface area (Å²) in [6.45, 7) is 6.16. The summed E-state index contributed by atoms with van der Waals surface area (Å²) in [5.74, 6) is -0.780. The molecule has 1 N–H and O–H groups in total. The molecule has 1 aliphatic rings. The number of carboxylic acid groups (broad SMARTS) is 1. The Hall–Kier alpha value is -1.32. The number of hydrogen-bond acceptors (Lipinski definition) is 2. The Balaban J connectivity index is 2.58. The van der Waals surface area contributed by atoms with Gasteiger partial charge >= 0.3 is 5.97 Å². The summed E-state index contributed by atoms with van der Waals surface area (Å²) in [7, 11) is 0. The van der Waals surface area contributed by atoms with Gasteiger partial charge in [0.1, 0.15) is 0 Å². The van der Waals surface area contributed by atoms with Crippen molar-refractivity contribution in [2.45, 2.75) is 38.5 Å². The third-order valence-electron chi connectivity index (χ3n) is 4.24. The van der Waals surface area contributed by atoms with Crippen LogP contribution in [0.2, 0.25) is 10.0 Å². The third kappa shape index (κ3) is 2.02. The minimum Gasteiger partial charge on any atom is -0.478 e. The SMILES string of the molecule is CC1CC(C)(C)c2c1nc1c(Cl)ccc(Cl)c1c2C(=O)O. The van der Waals surface area contributed by atoms with Crippen molar-refractivity contribution in [1.82, 2.24) is 4.98 Å². The molecule has 3 rings (SSSR count). The average Bonchev–Trinajstić information content (AvgIpc) is 2.62. The summed E-state index contributed by atoms with van der Waals surface area (Å²) in [4.78, 5) is 16.6. The van der Waals surface area contributed by atoms with Crippen LogP contribution in [0.3, 0.4) is 0 Å². The number of carboxylic acids is 1. The normalized spacial score (nSPS) is 19.8. The van der Waals surface area contributed by atoms with Gasteiger partial charge in [-0.25, -0.2) is 4.79 Å². The Bertz CT molecular complexity index is 784. The van der Waals surface area contributed by atoms with Crippen molar-refractivity contribution >= 4 is 40.1 Å². The summed E-state index contributed by atoms with van der Waals surface area (Å²) < 4.78 is 0. The molecule has 0 fully saturated rings. The van der Waals surface area contributed by atoms with Gasteiger partial charge < -0.3 is 5.11 Å². The first-order valence-electron chi connectivity index (χ1n) is 6.79. The molecule has 1 aromatic carbocycles. The van der Waals surface area contributed by atoms with Crippen molar-refractivity contribution in [3.8, 4) is 0 Å². The van der Waals surface area contributed by atoms with E-state index in [1.54, 1.807) is 12.1 Å². The highest BCUT2D eigenvalue weighted by Crippen LogP contribution is 2.49. The van der Waals surface area contributed by atoms with Crippen LogP contribution in [0.15, 0.2) is 12.1 Å². The lowest BCUT2D eigenvalue weighted by atomic mass is 9.83. The van der Waals surface area contributed by atoms with Crippen LogP contribution in [-0.2, 0) is 5.41 Å². The number of rotatable bonds is 1.